The highest BCUT2D eigenvalue weighted by Crippen LogP contribution is 2.78. The van der Waals surface area contributed by atoms with Crippen molar-refractivity contribution in [3.8, 4) is 0 Å². The Hall–Kier alpha value is -1.87. The number of ketones is 3. The second-order valence-corrected chi connectivity index (χ2v) is 19.7. The molecule has 4 heterocycles. The van der Waals surface area contributed by atoms with Crippen molar-refractivity contribution >= 4 is 17.3 Å². The van der Waals surface area contributed by atoms with Crippen LogP contribution in [0.15, 0.2) is 24.3 Å². The van der Waals surface area contributed by atoms with Crippen molar-refractivity contribution in [2.24, 2.45) is 68.0 Å². The lowest BCUT2D eigenvalue weighted by atomic mass is 9.35. The maximum atomic E-state index is 13.3. The number of carbonyl (C=O) groups is 3. The third-order valence-electron chi connectivity index (χ3n) is 17.5. The third kappa shape index (κ3) is 3.29. The highest BCUT2D eigenvalue weighted by molar-refractivity contribution is 6.06. The van der Waals surface area contributed by atoms with Crippen LogP contribution in [0.5, 0.6) is 0 Å². The van der Waals surface area contributed by atoms with Gasteiger partial charge in [-0.2, -0.15) is 0 Å². The highest BCUT2D eigenvalue weighted by atomic mass is 16.7. The monoisotopic (exact) mass is 726 g/mol. The van der Waals surface area contributed by atoms with Crippen LogP contribution in [0.4, 0.5) is 0 Å². The Morgan fingerprint density at radius 2 is 1.10 bits per heavy atom. The van der Waals surface area contributed by atoms with Gasteiger partial charge >= 0.3 is 0 Å². The molecule has 4 spiro atoms. The number of hydrogen-bond acceptors (Lipinski definition) is 12. The smallest absolute Gasteiger partial charge is 0.208 e. The van der Waals surface area contributed by atoms with Gasteiger partial charge in [-0.1, -0.05) is 40.9 Å². The zero-order chi connectivity index (χ0) is 37.7. The minimum Gasteiger partial charge on any atom is -0.392 e. The van der Waals surface area contributed by atoms with Gasteiger partial charge in [0.05, 0.1) is 36.9 Å². The van der Waals surface area contributed by atoms with E-state index in [0.29, 0.717) is 50.5 Å². The molecule has 0 aromatic carbocycles. The lowest BCUT2D eigenvalue weighted by Gasteiger charge is -2.74. The second-order valence-electron chi connectivity index (χ2n) is 19.7. The Morgan fingerprint density at radius 1 is 0.615 bits per heavy atom. The molecule has 12 rings (SSSR count). The van der Waals surface area contributed by atoms with Gasteiger partial charge in [0.2, 0.25) is 11.6 Å². The molecule has 0 amide bonds. The zero-order valence-electron chi connectivity index (χ0n) is 30.5. The molecule has 12 fully saturated rings. The molecule has 4 saturated heterocycles. The van der Waals surface area contributed by atoms with Gasteiger partial charge in [0, 0.05) is 35.5 Å². The molecule has 17 atom stereocenters. The number of Topliss-reactive ketones (excluding diaryl/α,β-unsaturated/α-hetero) is 3. The van der Waals surface area contributed by atoms with Crippen molar-refractivity contribution < 1.29 is 59.6 Å². The van der Waals surface area contributed by atoms with E-state index in [1.54, 1.807) is 0 Å². The van der Waals surface area contributed by atoms with Crippen LogP contribution >= 0.6 is 0 Å². The Labute approximate surface area is 303 Å². The fourth-order valence-electron chi connectivity index (χ4n) is 15.5. The minimum absolute atomic E-state index is 0.00293. The molecule has 0 radical (unpaired) electrons. The predicted octanol–water partition coefficient (Wildman–Crippen LogP) is 0.959. The summed E-state index contributed by atoms with van der Waals surface area (Å²) in [6, 6.07) is 0. The first-order valence-corrected chi connectivity index (χ1v) is 19.3. The van der Waals surface area contributed by atoms with E-state index in [1.807, 2.05) is 27.7 Å². The minimum atomic E-state index is -2.19. The van der Waals surface area contributed by atoms with Crippen molar-refractivity contribution in [1.29, 1.82) is 0 Å². The van der Waals surface area contributed by atoms with E-state index in [9.17, 15) is 50.1 Å². The van der Waals surface area contributed by atoms with E-state index < -0.39 is 111 Å². The van der Waals surface area contributed by atoms with Crippen molar-refractivity contribution in [3.05, 3.63) is 24.3 Å². The van der Waals surface area contributed by atoms with Crippen molar-refractivity contribution in [2.45, 2.75) is 121 Å². The Balaban J connectivity index is 0.000000138. The first kappa shape index (κ1) is 35.8. The van der Waals surface area contributed by atoms with E-state index in [1.165, 1.54) is 0 Å². The van der Waals surface area contributed by atoms with Crippen molar-refractivity contribution in [3.63, 3.8) is 0 Å². The summed E-state index contributed by atoms with van der Waals surface area (Å²) in [7, 11) is 0. The topological polar surface area (TPSA) is 211 Å². The van der Waals surface area contributed by atoms with Crippen LogP contribution in [0, 0.1) is 68.0 Å². The van der Waals surface area contributed by atoms with Crippen molar-refractivity contribution in [1.82, 2.24) is 0 Å². The predicted molar refractivity (Wildman–Crippen MR) is 180 cm³/mol. The lowest BCUT2D eigenvalue weighted by molar-refractivity contribution is -0.458. The number of hydrogen-bond donors (Lipinski definition) is 7. The van der Waals surface area contributed by atoms with Gasteiger partial charge in [-0.05, 0) is 78.8 Å². The lowest BCUT2D eigenvalue weighted by Crippen LogP contribution is -2.85. The largest absolute Gasteiger partial charge is 0.392 e. The van der Waals surface area contributed by atoms with E-state index in [-0.39, 0.29) is 35.4 Å². The SMILES string of the molecule is C=C1C(=O)[C@]23[C@H](O)[C@H]1CC[C@H]2[C@@]12CO[C@]3(O)[C@@H](O)[C@@H]1C(C)(C)CCC2=O.C=C1C(=O)[C@]23[C@H](O)[C@H]1CC[C@H]2[C@@]12CO[C@]3(O)[C@@H](O)[C@@H]1C(C)(C)CC[C@@H]2O. The van der Waals surface area contributed by atoms with Gasteiger partial charge in [0.25, 0.3) is 0 Å². The summed E-state index contributed by atoms with van der Waals surface area (Å²) >= 11 is 0. The number of carbonyl (C=O) groups excluding carboxylic acids is 3. The van der Waals surface area contributed by atoms with Gasteiger partial charge < -0.3 is 45.2 Å². The fraction of sp³-hybridized carbons (Fsp3) is 0.825. The molecule has 12 nitrogen and oxygen atoms in total. The van der Waals surface area contributed by atoms with Gasteiger partial charge in [0.15, 0.2) is 11.6 Å². The van der Waals surface area contributed by atoms with Gasteiger partial charge in [-0.25, -0.2) is 0 Å². The number of aliphatic hydroxyl groups is 7. The van der Waals surface area contributed by atoms with E-state index >= 15 is 0 Å². The Kier molecular flexibility index (Phi) is 6.96. The molecule has 8 aliphatic carbocycles. The summed E-state index contributed by atoms with van der Waals surface area (Å²) in [5.41, 5.74) is -5.32. The van der Waals surface area contributed by atoms with Crippen molar-refractivity contribution in [2.75, 3.05) is 13.2 Å². The highest BCUT2D eigenvalue weighted by Gasteiger charge is 2.88. The van der Waals surface area contributed by atoms with Crippen LogP contribution in [0.3, 0.4) is 0 Å². The summed E-state index contributed by atoms with van der Waals surface area (Å²) in [5, 5.41) is 79.1. The molecule has 7 N–H and O–H groups in total. The molecule has 12 heteroatoms. The van der Waals surface area contributed by atoms with Crippen LogP contribution in [0.2, 0.25) is 0 Å². The first-order chi connectivity index (χ1) is 24.1. The third-order valence-corrected chi connectivity index (χ3v) is 17.5. The molecule has 12 aliphatic rings. The molecule has 8 saturated carbocycles. The number of fused-ring (bicyclic) bond motifs is 4. The van der Waals surface area contributed by atoms with Gasteiger partial charge in [-0.3, -0.25) is 14.4 Å². The standard InChI is InChI=1S/C20H28O6.C20H26O6/c2*1-9-10-4-5-11-18-8-26-20(25,19(11,14(9)22)15(10)23)16(24)13(18)17(2,3)7-6-12(18)21/h10-13,15-16,21,23-25H,1,4-8H2,2-3H3;10-11,13,15-16,23-25H,1,4-8H2,2-3H3/t10-,11-,12-,13+,15+,16-,18+,19-,20+;10-,11-,13+,15+,16-,18+,19-,20+/m00/s1. The van der Waals surface area contributed by atoms with E-state index in [4.69, 9.17) is 9.47 Å². The van der Waals surface area contributed by atoms with E-state index in [2.05, 4.69) is 13.2 Å². The van der Waals surface area contributed by atoms with Gasteiger partial charge in [0.1, 0.15) is 28.8 Å². The van der Waals surface area contributed by atoms with Crippen LogP contribution in [-0.4, -0.2) is 108 Å². The summed E-state index contributed by atoms with van der Waals surface area (Å²) in [6.45, 7) is 15.9. The summed E-state index contributed by atoms with van der Waals surface area (Å²) < 4.78 is 11.5. The molecule has 0 aromatic heterocycles. The number of rotatable bonds is 0. The average molecular weight is 727 g/mol. The maximum Gasteiger partial charge on any atom is 0.208 e. The molecule has 0 unspecified atom stereocenters. The zero-order valence-corrected chi connectivity index (χ0v) is 30.5. The van der Waals surface area contributed by atoms with Gasteiger partial charge in [-0.15, -0.1) is 0 Å². The van der Waals surface area contributed by atoms with Crippen LogP contribution in [0.25, 0.3) is 0 Å². The first-order valence-electron chi connectivity index (χ1n) is 19.3. The molecule has 286 valence electrons. The summed E-state index contributed by atoms with van der Waals surface area (Å²) in [6.07, 6.45) is -1.25. The van der Waals surface area contributed by atoms with E-state index in [0.717, 1.165) is 6.42 Å². The van der Waals surface area contributed by atoms with Crippen LogP contribution in [0.1, 0.15) is 79.1 Å². The molecule has 4 aliphatic heterocycles. The molecule has 0 aromatic rings. The van der Waals surface area contributed by atoms with Crippen LogP contribution in [-0.2, 0) is 23.9 Å². The second kappa shape index (κ2) is 10.1. The van der Waals surface area contributed by atoms with Crippen LogP contribution < -0.4 is 0 Å². The number of aliphatic hydroxyl groups excluding tert-OH is 5. The summed E-state index contributed by atoms with van der Waals surface area (Å²) in [5.74, 6) is -7.92. The fourth-order valence-corrected chi connectivity index (χ4v) is 15.5. The Bertz CT molecular complexity index is 1720. The molecular weight excluding hydrogens is 672 g/mol. The number of ether oxygens (including phenoxy) is 2. The molecular formula is C40H54O12. The normalized spacial score (nSPS) is 58.5. The Morgan fingerprint density at radius 3 is 1.67 bits per heavy atom. The molecule has 52 heavy (non-hydrogen) atoms. The summed E-state index contributed by atoms with van der Waals surface area (Å²) in [4.78, 5) is 39.9. The average Bonchev–Trinajstić information content (AvgIpc) is 3.24. The quantitative estimate of drug-likeness (QED) is 0.174. The molecule has 8 bridgehead atoms. The maximum absolute atomic E-state index is 13.3.